The molecule has 0 unspecified atom stereocenters. The Morgan fingerprint density at radius 1 is 0.386 bits per heavy atom. The number of hydrogen-bond acceptors (Lipinski definition) is 2. The molecule has 9 aromatic carbocycles. The van der Waals surface area contributed by atoms with Crippen molar-refractivity contribution in [1.29, 1.82) is 0 Å². The molecular formula is C55H39NO. The third-order valence-electron chi connectivity index (χ3n) is 12.1. The second-order valence-electron chi connectivity index (χ2n) is 15.7. The van der Waals surface area contributed by atoms with Gasteiger partial charge in [-0.2, -0.15) is 0 Å². The van der Waals surface area contributed by atoms with Gasteiger partial charge in [-0.3, -0.25) is 0 Å². The van der Waals surface area contributed by atoms with Gasteiger partial charge >= 0.3 is 0 Å². The summed E-state index contributed by atoms with van der Waals surface area (Å²) in [5.41, 5.74) is 16.9. The van der Waals surface area contributed by atoms with Crippen LogP contribution in [-0.4, -0.2) is 0 Å². The third kappa shape index (κ3) is 5.25. The van der Waals surface area contributed by atoms with Crippen molar-refractivity contribution >= 4 is 49.8 Å². The summed E-state index contributed by atoms with van der Waals surface area (Å²) < 4.78 is 7.28. The summed E-state index contributed by atoms with van der Waals surface area (Å²) in [5, 5.41) is 4.57. The molecule has 0 bridgehead atoms. The molecule has 1 heterocycles. The van der Waals surface area contributed by atoms with Gasteiger partial charge in [-0.15, -0.1) is 0 Å². The highest BCUT2D eigenvalue weighted by Crippen LogP contribution is 2.53. The molecule has 0 aliphatic heterocycles. The lowest BCUT2D eigenvalue weighted by Gasteiger charge is -2.30. The molecule has 1 aliphatic rings. The van der Waals surface area contributed by atoms with Crippen LogP contribution in [0.3, 0.4) is 0 Å². The van der Waals surface area contributed by atoms with Gasteiger partial charge in [0.1, 0.15) is 5.58 Å². The van der Waals surface area contributed by atoms with Crippen LogP contribution in [0, 0.1) is 0 Å². The highest BCUT2D eigenvalue weighted by molar-refractivity contribution is 6.24. The number of anilines is 3. The average Bonchev–Trinajstić information content (AvgIpc) is 3.78. The van der Waals surface area contributed by atoms with Gasteiger partial charge in [-0.25, -0.2) is 0 Å². The Labute approximate surface area is 332 Å². The first-order valence-corrected chi connectivity index (χ1v) is 19.8. The number of furan rings is 1. The average molecular weight is 730 g/mol. The first-order valence-electron chi connectivity index (χ1n) is 19.8. The zero-order valence-corrected chi connectivity index (χ0v) is 31.9. The van der Waals surface area contributed by atoms with Crippen LogP contribution in [0.1, 0.15) is 25.0 Å². The van der Waals surface area contributed by atoms with Crippen molar-refractivity contribution in [3.8, 4) is 44.5 Å². The summed E-state index contributed by atoms with van der Waals surface area (Å²) in [5.74, 6) is 0. The van der Waals surface area contributed by atoms with E-state index in [4.69, 9.17) is 4.42 Å². The number of hydrogen-bond donors (Lipinski definition) is 0. The van der Waals surface area contributed by atoms with Gasteiger partial charge in [-0.1, -0.05) is 184 Å². The van der Waals surface area contributed by atoms with Gasteiger partial charge in [0.2, 0.25) is 0 Å². The van der Waals surface area contributed by atoms with Crippen LogP contribution in [0.5, 0.6) is 0 Å². The number of rotatable bonds is 6. The molecule has 0 amide bonds. The summed E-state index contributed by atoms with van der Waals surface area (Å²) in [6.07, 6.45) is 0. The van der Waals surface area contributed by atoms with E-state index in [1.54, 1.807) is 0 Å². The Kier molecular flexibility index (Phi) is 7.55. The fourth-order valence-electron chi connectivity index (χ4n) is 9.27. The molecule has 10 aromatic rings. The highest BCUT2D eigenvalue weighted by Gasteiger charge is 2.36. The monoisotopic (exact) mass is 729 g/mol. The fraction of sp³-hybridized carbons (Fsp3) is 0.0545. The van der Waals surface area contributed by atoms with Gasteiger partial charge in [0, 0.05) is 33.0 Å². The predicted octanol–water partition coefficient (Wildman–Crippen LogP) is 15.5. The van der Waals surface area contributed by atoms with Gasteiger partial charge < -0.3 is 9.32 Å². The maximum absolute atomic E-state index is 7.28. The molecular weight excluding hydrogens is 691 g/mol. The van der Waals surface area contributed by atoms with Crippen molar-refractivity contribution in [2.45, 2.75) is 19.3 Å². The number of fused-ring (bicyclic) bond motifs is 8. The Bertz CT molecular complexity index is 3140. The van der Waals surface area contributed by atoms with Gasteiger partial charge in [0.15, 0.2) is 5.58 Å². The van der Waals surface area contributed by atoms with Crippen molar-refractivity contribution in [2.24, 2.45) is 0 Å². The largest absolute Gasteiger partial charge is 0.453 e. The number of benzene rings is 9. The minimum atomic E-state index is -0.171. The van der Waals surface area contributed by atoms with Crippen LogP contribution in [0.25, 0.3) is 77.2 Å². The summed E-state index contributed by atoms with van der Waals surface area (Å²) in [6.45, 7) is 4.71. The van der Waals surface area contributed by atoms with Crippen LogP contribution in [0.15, 0.2) is 205 Å². The number of para-hydroxylation sites is 1. The highest BCUT2D eigenvalue weighted by atomic mass is 16.3. The molecule has 57 heavy (non-hydrogen) atoms. The molecule has 1 aliphatic carbocycles. The Hall–Kier alpha value is -7.16. The molecule has 0 atom stereocenters. The zero-order valence-electron chi connectivity index (χ0n) is 31.9. The van der Waals surface area contributed by atoms with Gasteiger partial charge in [0.25, 0.3) is 0 Å². The van der Waals surface area contributed by atoms with E-state index in [0.29, 0.717) is 0 Å². The van der Waals surface area contributed by atoms with Crippen molar-refractivity contribution in [2.75, 3.05) is 4.90 Å². The molecule has 0 N–H and O–H groups in total. The molecule has 0 fully saturated rings. The van der Waals surface area contributed by atoms with E-state index in [9.17, 15) is 0 Å². The minimum Gasteiger partial charge on any atom is -0.453 e. The maximum Gasteiger partial charge on any atom is 0.160 e. The molecule has 2 heteroatoms. The smallest absolute Gasteiger partial charge is 0.160 e. The van der Waals surface area contributed by atoms with Crippen molar-refractivity contribution in [1.82, 2.24) is 0 Å². The Morgan fingerprint density at radius 3 is 1.77 bits per heavy atom. The van der Waals surface area contributed by atoms with Crippen LogP contribution in [0.2, 0.25) is 0 Å². The molecule has 2 nitrogen and oxygen atoms in total. The van der Waals surface area contributed by atoms with Gasteiger partial charge in [-0.05, 0) is 85.6 Å². The van der Waals surface area contributed by atoms with Crippen molar-refractivity contribution in [3.05, 3.63) is 211 Å². The molecule has 270 valence electrons. The van der Waals surface area contributed by atoms with E-state index in [1.165, 1.54) is 38.8 Å². The first kappa shape index (κ1) is 33.2. The summed E-state index contributed by atoms with van der Waals surface area (Å²) >= 11 is 0. The molecule has 1 aromatic heterocycles. The van der Waals surface area contributed by atoms with E-state index < -0.39 is 0 Å². The summed E-state index contributed by atoms with van der Waals surface area (Å²) in [7, 11) is 0. The minimum absolute atomic E-state index is 0.171. The van der Waals surface area contributed by atoms with E-state index in [-0.39, 0.29) is 5.41 Å². The Morgan fingerprint density at radius 2 is 1.00 bits per heavy atom. The topological polar surface area (TPSA) is 16.4 Å². The normalized spacial score (nSPS) is 12.9. The van der Waals surface area contributed by atoms with Gasteiger partial charge in [0.05, 0.1) is 11.4 Å². The standard InChI is InChI=1S/C55H39NO/c1-55(2)48-28-15-14-25-44(48)45-31-30-41(35-49(45)55)56(50-32-29-39(36-17-6-3-7-18-36)33-47(50)38-21-10-5-11-22-38)51-34-40-23-12-13-24-42(40)52-46-27-16-26-43(53(46)57-54(51)52)37-19-8-4-9-20-37/h3-35H,1-2H3. The van der Waals surface area contributed by atoms with Crippen LogP contribution >= 0.6 is 0 Å². The third-order valence-corrected chi connectivity index (χ3v) is 12.1. The van der Waals surface area contributed by atoms with E-state index in [1.807, 2.05) is 0 Å². The molecule has 0 saturated carbocycles. The van der Waals surface area contributed by atoms with Crippen molar-refractivity contribution in [3.63, 3.8) is 0 Å². The Balaban J connectivity index is 1.25. The lowest BCUT2D eigenvalue weighted by atomic mass is 9.82. The fourth-order valence-corrected chi connectivity index (χ4v) is 9.27. The SMILES string of the molecule is CC1(C)c2ccccc2-c2ccc(N(c3ccc(-c4ccccc4)cc3-c3ccccc3)c3cc4ccccc4c4c3oc3c(-c5ccccc5)cccc34)cc21. The van der Waals surface area contributed by atoms with Crippen LogP contribution < -0.4 is 4.90 Å². The van der Waals surface area contributed by atoms with E-state index in [2.05, 4.69) is 219 Å². The first-order chi connectivity index (χ1) is 28.0. The zero-order chi connectivity index (χ0) is 38.1. The van der Waals surface area contributed by atoms with Crippen LogP contribution in [-0.2, 0) is 5.41 Å². The summed E-state index contributed by atoms with van der Waals surface area (Å²) in [6, 6.07) is 72.5. The quantitative estimate of drug-likeness (QED) is 0.169. The van der Waals surface area contributed by atoms with E-state index >= 15 is 0 Å². The summed E-state index contributed by atoms with van der Waals surface area (Å²) in [4.78, 5) is 2.45. The van der Waals surface area contributed by atoms with E-state index in [0.717, 1.165) is 66.6 Å². The molecule has 11 rings (SSSR count). The maximum atomic E-state index is 7.28. The molecule has 0 spiro atoms. The lowest BCUT2D eigenvalue weighted by molar-refractivity contribution is 0.660. The number of nitrogens with zero attached hydrogens (tertiary/aromatic N) is 1. The molecule has 0 radical (unpaired) electrons. The second-order valence-corrected chi connectivity index (χ2v) is 15.7. The predicted molar refractivity (Wildman–Crippen MR) is 240 cm³/mol. The molecule has 0 saturated heterocycles. The van der Waals surface area contributed by atoms with Crippen LogP contribution in [0.4, 0.5) is 17.1 Å². The lowest BCUT2D eigenvalue weighted by Crippen LogP contribution is -2.17. The van der Waals surface area contributed by atoms with Crippen molar-refractivity contribution < 1.29 is 4.42 Å². The second kappa shape index (κ2) is 13.0.